The summed E-state index contributed by atoms with van der Waals surface area (Å²) in [7, 11) is 0. The summed E-state index contributed by atoms with van der Waals surface area (Å²) < 4.78 is 3.61. The van der Waals surface area contributed by atoms with Crippen LogP contribution in [0.4, 0.5) is 0 Å². The summed E-state index contributed by atoms with van der Waals surface area (Å²) in [6.07, 6.45) is 24.9. The van der Waals surface area contributed by atoms with Gasteiger partial charge in [-0.2, -0.15) is 0 Å². The van der Waals surface area contributed by atoms with Gasteiger partial charge in [-0.05, 0) is 0 Å². The van der Waals surface area contributed by atoms with Gasteiger partial charge in [0.1, 0.15) is 0 Å². The minimum atomic E-state index is -0.833. The summed E-state index contributed by atoms with van der Waals surface area (Å²) in [5.74, 6) is -0.833. The maximum atomic E-state index is 9.00. The summed E-state index contributed by atoms with van der Waals surface area (Å²) in [4.78, 5) is 9.00. The van der Waals surface area contributed by atoms with Crippen molar-refractivity contribution < 1.29 is 9.90 Å². The van der Waals surface area contributed by atoms with Gasteiger partial charge in [-0.25, -0.2) is 0 Å². The van der Waals surface area contributed by atoms with Gasteiger partial charge >= 0.3 is 116 Å². The molecule has 2 N–H and O–H groups in total. The molecule has 0 spiro atoms. The zero-order valence-corrected chi connectivity index (χ0v) is 20.9. The molecule has 3 nitrogen and oxygen atoms in total. The Kier molecular flexibility index (Phi) is 30.5. The fourth-order valence-electron chi connectivity index (χ4n) is 3.06. The standard InChI is InChI=1S/C21H46AsN.C2H4O2/c1-3-5-6-7-8-9-10-11-12-13-14-15-16-17-18-19-20-22-23-21-4-2;1-2(3)4/h22-23H,3-21H2,1-2H3;1H3,(H,3,4). The van der Waals surface area contributed by atoms with E-state index < -0.39 is 5.97 Å². The van der Waals surface area contributed by atoms with Crippen molar-refractivity contribution >= 4 is 21.9 Å². The van der Waals surface area contributed by atoms with Crippen molar-refractivity contribution in [3.05, 3.63) is 0 Å². The number of aliphatic carboxylic acids is 1. The first-order valence-corrected chi connectivity index (χ1v) is 14.3. The monoisotopic (exact) mass is 447 g/mol. The summed E-state index contributed by atoms with van der Waals surface area (Å²) in [5.41, 5.74) is 0. The third-order valence-corrected chi connectivity index (χ3v) is 6.97. The molecular formula is C23H50AsNO2. The Labute approximate surface area is 177 Å². The number of hydrogen-bond donors (Lipinski definition) is 2. The van der Waals surface area contributed by atoms with Crippen LogP contribution in [0.2, 0.25) is 5.21 Å². The molecular weight excluding hydrogens is 397 g/mol. The van der Waals surface area contributed by atoms with Crippen LogP contribution in [0.5, 0.6) is 0 Å². The summed E-state index contributed by atoms with van der Waals surface area (Å²) >= 11 is 0.200. The van der Waals surface area contributed by atoms with E-state index in [2.05, 4.69) is 18.1 Å². The zero-order chi connectivity index (χ0) is 20.4. The number of carbonyl (C=O) groups is 1. The Hall–Kier alpha value is -0.0116. The van der Waals surface area contributed by atoms with Crippen molar-refractivity contribution in [3.8, 4) is 0 Å². The molecule has 0 aromatic heterocycles. The van der Waals surface area contributed by atoms with Gasteiger partial charge in [0.25, 0.3) is 5.97 Å². The summed E-state index contributed by atoms with van der Waals surface area (Å²) in [6.45, 7) is 6.89. The Morgan fingerprint density at radius 3 is 1.33 bits per heavy atom. The molecule has 27 heavy (non-hydrogen) atoms. The molecule has 0 aliphatic carbocycles. The van der Waals surface area contributed by atoms with Crippen molar-refractivity contribution in [2.75, 3.05) is 6.54 Å². The van der Waals surface area contributed by atoms with E-state index in [1.807, 2.05) is 0 Å². The molecule has 0 radical (unpaired) electrons. The number of rotatable bonds is 20. The second kappa shape index (κ2) is 28.2. The van der Waals surface area contributed by atoms with Gasteiger partial charge in [0.05, 0.1) is 0 Å². The average Bonchev–Trinajstić information content (AvgIpc) is 2.63. The van der Waals surface area contributed by atoms with Gasteiger partial charge < -0.3 is 5.11 Å². The number of unbranched alkanes of at least 4 members (excludes halogenated alkanes) is 15. The average molecular weight is 448 g/mol. The Bertz CT molecular complexity index is 251. The van der Waals surface area contributed by atoms with Crippen molar-refractivity contribution in [2.24, 2.45) is 0 Å². The molecule has 0 rings (SSSR count). The van der Waals surface area contributed by atoms with E-state index >= 15 is 0 Å². The van der Waals surface area contributed by atoms with Crippen LogP contribution in [-0.2, 0) is 4.79 Å². The van der Waals surface area contributed by atoms with Gasteiger partial charge in [0.15, 0.2) is 0 Å². The first kappa shape index (κ1) is 29.2. The van der Waals surface area contributed by atoms with Crippen LogP contribution in [0.1, 0.15) is 130 Å². The van der Waals surface area contributed by atoms with Crippen molar-refractivity contribution in [1.29, 1.82) is 0 Å². The van der Waals surface area contributed by atoms with Gasteiger partial charge in [0, 0.05) is 6.92 Å². The fourth-order valence-corrected chi connectivity index (χ4v) is 5.22. The molecule has 0 bridgehead atoms. The molecule has 0 amide bonds. The molecule has 1 atom stereocenters. The molecule has 0 heterocycles. The minimum absolute atomic E-state index is 0.200. The third kappa shape index (κ3) is 37.4. The second-order valence-electron chi connectivity index (χ2n) is 7.68. The predicted octanol–water partition coefficient (Wildman–Crippen LogP) is 7.11. The molecule has 0 aromatic rings. The second-order valence-corrected chi connectivity index (χ2v) is 10.2. The topological polar surface area (TPSA) is 49.3 Å². The number of carboxylic acids is 1. The van der Waals surface area contributed by atoms with Crippen LogP contribution in [0.15, 0.2) is 0 Å². The Morgan fingerprint density at radius 2 is 1.00 bits per heavy atom. The Morgan fingerprint density at radius 1 is 0.667 bits per heavy atom. The molecule has 0 saturated carbocycles. The first-order chi connectivity index (χ1) is 13.1. The van der Waals surface area contributed by atoms with Gasteiger partial charge in [0.2, 0.25) is 0 Å². The first-order valence-electron chi connectivity index (χ1n) is 11.8. The molecule has 0 saturated heterocycles. The molecule has 1 unspecified atom stereocenters. The fraction of sp³-hybridized carbons (Fsp3) is 0.957. The van der Waals surface area contributed by atoms with Crippen LogP contribution in [-0.4, -0.2) is 33.6 Å². The molecule has 0 aliphatic heterocycles. The number of hydrogen-bond acceptors (Lipinski definition) is 2. The van der Waals surface area contributed by atoms with Crippen molar-refractivity contribution in [3.63, 3.8) is 0 Å². The van der Waals surface area contributed by atoms with Gasteiger partial charge in [-0.1, -0.05) is 39.0 Å². The van der Waals surface area contributed by atoms with E-state index in [0.717, 1.165) is 6.92 Å². The van der Waals surface area contributed by atoms with E-state index in [1.54, 1.807) is 0 Å². The number of carboxylic acid groups (broad SMARTS) is 1. The quantitative estimate of drug-likeness (QED) is 0.154. The third-order valence-electron chi connectivity index (χ3n) is 4.66. The Balaban J connectivity index is 0. The maximum absolute atomic E-state index is 9.00. The van der Waals surface area contributed by atoms with E-state index in [0.29, 0.717) is 0 Å². The normalized spacial score (nSPS) is 10.9. The SMILES string of the molecule is CC(=O)O.CCCCCCCCCCCCCCCCCC[AsH]NCCC. The van der Waals surface area contributed by atoms with E-state index in [4.69, 9.17) is 9.90 Å². The van der Waals surface area contributed by atoms with Crippen LogP contribution >= 0.6 is 0 Å². The zero-order valence-electron chi connectivity index (χ0n) is 18.8. The van der Waals surface area contributed by atoms with Crippen LogP contribution in [0.25, 0.3) is 0 Å². The van der Waals surface area contributed by atoms with Crippen molar-refractivity contribution in [2.45, 2.75) is 135 Å². The predicted molar refractivity (Wildman–Crippen MR) is 123 cm³/mol. The van der Waals surface area contributed by atoms with Gasteiger partial charge in [-0.15, -0.1) is 0 Å². The van der Waals surface area contributed by atoms with Gasteiger partial charge in [-0.3, -0.25) is 4.79 Å². The van der Waals surface area contributed by atoms with E-state index in [-0.39, 0.29) is 16.0 Å². The van der Waals surface area contributed by atoms with Crippen molar-refractivity contribution in [1.82, 2.24) is 4.23 Å². The van der Waals surface area contributed by atoms with E-state index in [9.17, 15) is 0 Å². The molecule has 0 fully saturated rings. The molecule has 0 aliphatic rings. The van der Waals surface area contributed by atoms with Crippen LogP contribution in [0, 0.1) is 0 Å². The molecule has 0 aromatic carbocycles. The summed E-state index contributed by atoms with van der Waals surface area (Å²) in [6, 6.07) is 0. The molecule has 4 heteroatoms. The summed E-state index contributed by atoms with van der Waals surface area (Å²) in [5, 5.41) is 8.92. The van der Waals surface area contributed by atoms with Crippen LogP contribution in [0.3, 0.4) is 0 Å². The molecule has 164 valence electrons. The van der Waals surface area contributed by atoms with E-state index in [1.165, 1.54) is 121 Å². The number of nitrogens with one attached hydrogen (secondary N) is 1. The van der Waals surface area contributed by atoms with Crippen LogP contribution < -0.4 is 4.23 Å².